The van der Waals surface area contributed by atoms with Crippen LogP contribution in [0.5, 0.6) is 11.5 Å². The zero-order valence-electron chi connectivity index (χ0n) is 17.2. The number of hydrogen-bond acceptors (Lipinski definition) is 5. The summed E-state index contributed by atoms with van der Waals surface area (Å²) in [4.78, 5) is 21.9. The van der Waals surface area contributed by atoms with Crippen LogP contribution in [0.2, 0.25) is 0 Å². The largest absolute Gasteiger partial charge is 0.497 e. The van der Waals surface area contributed by atoms with Crippen LogP contribution in [0.4, 0.5) is 5.69 Å². The zero-order chi connectivity index (χ0) is 20.9. The lowest BCUT2D eigenvalue weighted by Gasteiger charge is -2.36. The average Bonchev–Trinajstić information content (AvgIpc) is 2.84. The summed E-state index contributed by atoms with van der Waals surface area (Å²) >= 11 is 0. The number of aromatic nitrogens is 1. The van der Waals surface area contributed by atoms with Gasteiger partial charge in [-0.05, 0) is 12.1 Å². The van der Waals surface area contributed by atoms with Gasteiger partial charge in [0.2, 0.25) is 0 Å². The third-order valence-corrected chi connectivity index (χ3v) is 5.35. The van der Waals surface area contributed by atoms with Crippen molar-refractivity contribution >= 4 is 11.6 Å². The number of hydrogen-bond donors (Lipinski definition) is 0. The fraction of sp³-hybridized carbons (Fsp3) is 0.250. The van der Waals surface area contributed by atoms with Gasteiger partial charge in [-0.2, -0.15) is 0 Å². The summed E-state index contributed by atoms with van der Waals surface area (Å²) in [6.07, 6.45) is 1.73. The van der Waals surface area contributed by atoms with Crippen molar-refractivity contribution in [2.24, 2.45) is 0 Å². The van der Waals surface area contributed by atoms with Crippen molar-refractivity contribution in [1.82, 2.24) is 9.88 Å². The Morgan fingerprint density at radius 3 is 2.17 bits per heavy atom. The van der Waals surface area contributed by atoms with Crippen molar-refractivity contribution in [3.8, 4) is 22.8 Å². The molecule has 1 aromatic heterocycles. The van der Waals surface area contributed by atoms with Crippen LogP contribution in [-0.4, -0.2) is 56.2 Å². The molecule has 6 nitrogen and oxygen atoms in total. The molecule has 0 aliphatic carbocycles. The Morgan fingerprint density at radius 1 is 0.867 bits per heavy atom. The molecule has 4 rings (SSSR count). The van der Waals surface area contributed by atoms with Crippen LogP contribution in [0, 0.1) is 0 Å². The lowest BCUT2D eigenvalue weighted by molar-refractivity contribution is 0.0747. The van der Waals surface area contributed by atoms with Gasteiger partial charge in [0.25, 0.3) is 5.91 Å². The molecule has 3 aromatic rings. The number of piperazine rings is 1. The second kappa shape index (κ2) is 8.86. The van der Waals surface area contributed by atoms with Gasteiger partial charge in [-0.15, -0.1) is 0 Å². The van der Waals surface area contributed by atoms with Gasteiger partial charge >= 0.3 is 0 Å². The number of methoxy groups -OCH3 is 2. The minimum atomic E-state index is 0.0184. The number of ether oxygens (including phenoxy) is 2. The summed E-state index contributed by atoms with van der Waals surface area (Å²) in [5.74, 6) is 1.53. The van der Waals surface area contributed by atoms with Gasteiger partial charge in [-0.1, -0.05) is 30.3 Å². The zero-order valence-corrected chi connectivity index (χ0v) is 17.2. The summed E-state index contributed by atoms with van der Waals surface area (Å²) in [6.45, 7) is 2.76. The van der Waals surface area contributed by atoms with Gasteiger partial charge in [-0.3, -0.25) is 9.78 Å². The van der Waals surface area contributed by atoms with Crippen LogP contribution >= 0.6 is 0 Å². The molecule has 154 valence electrons. The van der Waals surface area contributed by atoms with Crippen molar-refractivity contribution in [2.75, 3.05) is 45.3 Å². The van der Waals surface area contributed by atoms with E-state index in [1.165, 1.54) is 0 Å². The van der Waals surface area contributed by atoms with E-state index in [4.69, 9.17) is 9.47 Å². The summed E-state index contributed by atoms with van der Waals surface area (Å²) in [6, 6.07) is 19.4. The highest BCUT2D eigenvalue weighted by Crippen LogP contribution is 2.29. The van der Waals surface area contributed by atoms with E-state index in [2.05, 4.69) is 9.88 Å². The van der Waals surface area contributed by atoms with Gasteiger partial charge < -0.3 is 19.3 Å². The Morgan fingerprint density at radius 2 is 1.53 bits per heavy atom. The number of benzene rings is 2. The number of rotatable bonds is 5. The lowest BCUT2D eigenvalue weighted by Crippen LogP contribution is -2.49. The van der Waals surface area contributed by atoms with Gasteiger partial charge in [0.1, 0.15) is 11.5 Å². The summed E-state index contributed by atoms with van der Waals surface area (Å²) in [5, 5.41) is 0. The molecule has 2 heterocycles. The van der Waals surface area contributed by atoms with Crippen molar-refractivity contribution in [3.63, 3.8) is 0 Å². The number of carbonyl (C=O) groups is 1. The maximum absolute atomic E-state index is 13.3. The lowest BCUT2D eigenvalue weighted by atomic mass is 10.0. The highest BCUT2D eigenvalue weighted by atomic mass is 16.5. The predicted molar refractivity (Wildman–Crippen MR) is 117 cm³/mol. The van der Waals surface area contributed by atoms with E-state index in [1.807, 2.05) is 65.6 Å². The number of amides is 1. The Hall–Kier alpha value is -3.54. The van der Waals surface area contributed by atoms with Crippen LogP contribution in [0.1, 0.15) is 10.4 Å². The predicted octanol–water partition coefficient (Wildman–Crippen LogP) is 3.73. The Labute approximate surface area is 176 Å². The Bertz CT molecular complexity index is 993. The van der Waals surface area contributed by atoms with Gasteiger partial charge in [0.15, 0.2) is 0 Å². The van der Waals surface area contributed by atoms with Crippen LogP contribution < -0.4 is 14.4 Å². The number of pyridine rings is 1. The maximum atomic E-state index is 13.3. The van der Waals surface area contributed by atoms with Gasteiger partial charge in [0, 0.05) is 61.8 Å². The van der Waals surface area contributed by atoms with Crippen molar-refractivity contribution in [3.05, 3.63) is 72.4 Å². The highest BCUT2D eigenvalue weighted by molar-refractivity contribution is 6.00. The molecule has 0 radical (unpaired) electrons. The van der Waals surface area contributed by atoms with Crippen molar-refractivity contribution in [1.29, 1.82) is 0 Å². The molecular formula is C24H25N3O3. The smallest absolute Gasteiger partial charge is 0.256 e. The first-order chi connectivity index (χ1) is 14.7. The summed E-state index contributed by atoms with van der Waals surface area (Å²) in [7, 11) is 3.29. The minimum absolute atomic E-state index is 0.0184. The first-order valence-electron chi connectivity index (χ1n) is 9.97. The molecule has 30 heavy (non-hydrogen) atoms. The molecule has 0 spiro atoms. The highest BCUT2D eigenvalue weighted by Gasteiger charge is 2.25. The average molecular weight is 403 g/mol. The first kappa shape index (κ1) is 19.8. The molecule has 1 saturated heterocycles. The quantitative estimate of drug-likeness (QED) is 0.650. The van der Waals surface area contributed by atoms with E-state index in [0.717, 1.165) is 41.5 Å². The molecule has 1 aliphatic rings. The molecule has 0 atom stereocenters. The van der Waals surface area contributed by atoms with E-state index < -0.39 is 0 Å². The standard InChI is InChI=1S/C24H25N3O3/c1-29-20-15-19(16-21(17-20)30-2)26-11-13-27(14-12-26)24(28)22-9-6-10-25-23(22)18-7-4-3-5-8-18/h3-10,15-17H,11-14H2,1-2H3. The minimum Gasteiger partial charge on any atom is -0.497 e. The number of nitrogens with zero attached hydrogens (tertiary/aromatic N) is 3. The van der Waals surface area contributed by atoms with Crippen LogP contribution in [0.15, 0.2) is 66.9 Å². The van der Waals surface area contributed by atoms with E-state index in [9.17, 15) is 4.79 Å². The fourth-order valence-electron chi connectivity index (χ4n) is 3.72. The molecule has 0 unspecified atom stereocenters. The molecule has 1 amide bonds. The Kier molecular flexibility index (Phi) is 5.84. The summed E-state index contributed by atoms with van der Waals surface area (Å²) in [5.41, 5.74) is 3.34. The second-order valence-electron chi connectivity index (χ2n) is 7.12. The normalized spacial score (nSPS) is 13.8. The SMILES string of the molecule is COc1cc(OC)cc(N2CCN(C(=O)c3cccnc3-c3ccccc3)CC2)c1. The molecule has 1 fully saturated rings. The molecular weight excluding hydrogens is 378 g/mol. The third-order valence-electron chi connectivity index (χ3n) is 5.35. The van der Waals surface area contributed by atoms with Crippen LogP contribution in [0.3, 0.4) is 0 Å². The molecule has 6 heteroatoms. The third kappa shape index (κ3) is 4.08. The van der Waals surface area contributed by atoms with E-state index in [0.29, 0.717) is 18.7 Å². The van der Waals surface area contributed by atoms with Gasteiger partial charge in [0.05, 0.1) is 25.5 Å². The summed E-state index contributed by atoms with van der Waals surface area (Å²) < 4.78 is 10.8. The van der Waals surface area contributed by atoms with Crippen LogP contribution in [0.25, 0.3) is 11.3 Å². The molecule has 0 saturated carbocycles. The van der Waals surface area contributed by atoms with Crippen molar-refractivity contribution in [2.45, 2.75) is 0 Å². The molecule has 0 bridgehead atoms. The van der Waals surface area contributed by atoms with E-state index >= 15 is 0 Å². The fourth-order valence-corrected chi connectivity index (χ4v) is 3.72. The maximum Gasteiger partial charge on any atom is 0.256 e. The monoisotopic (exact) mass is 403 g/mol. The van der Waals surface area contributed by atoms with E-state index in [-0.39, 0.29) is 5.91 Å². The molecule has 1 aliphatic heterocycles. The van der Waals surface area contributed by atoms with Crippen LogP contribution in [-0.2, 0) is 0 Å². The van der Waals surface area contributed by atoms with Crippen molar-refractivity contribution < 1.29 is 14.3 Å². The second-order valence-corrected chi connectivity index (χ2v) is 7.12. The topological polar surface area (TPSA) is 54.9 Å². The Balaban J connectivity index is 1.50. The molecule has 2 aromatic carbocycles. The van der Waals surface area contributed by atoms with E-state index in [1.54, 1.807) is 20.4 Å². The number of anilines is 1. The first-order valence-corrected chi connectivity index (χ1v) is 9.97. The number of carbonyl (C=O) groups excluding carboxylic acids is 1. The van der Waals surface area contributed by atoms with Gasteiger partial charge in [-0.25, -0.2) is 0 Å². The molecule has 0 N–H and O–H groups in total.